The van der Waals surface area contributed by atoms with Gasteiger partial charge in [0.05, 0.1) is 10.6 Å². The van der Waals surface area contributed by atoms with E-state index in [0.29, 0.717) is 16.4 Å². The predicted octanol–water partition coefficient (Wildman–Crippen LogP) is 2.36. The molecule has 0 unspecified atom stereocenters. The molecule has 6 heteroatoms. The van der Waals surface area contributed by atoms with Crippen molar-refractivity contribution in [3.05, 3.63) is 22.8 Å². The summed E-state index contributed by atoms with van der Waals surface area (Å²) < 4.78 is 0. The van der Waals surface area contributed by atoms with Gasteiger partial charge < -0.3 is 10.2 Å². The number of anilines is 1. The summed E-state index contributed by atoms with van der Waals surface area (Å²) in [5, 5.41) is 3.54. The number of thioether (sulfide) groups is 1. The average Bonchev–Trinajstić information content (AvgIpc) is 2.41. The zero-order valence-electron chi connectivity index (χ0n) is 10.3. The zero-order valence-corrected chi connectivity index (χ0v) is 11.9. The second kappa shape index (κ2) is 6.29. The lowest BCUT2D eigenvalue weighted by molar-refractivity contribution is 0.0772. The van der Waals surface area contributed by atoms with Gasteiger partial charge in [0.2, 0.25) is 0 Å². The molecule has 0 aromatic carbocycles. The van der Waals surface area contributed by atoms with E-state index in [4.69, 9.17) is 11.6 Å². The maximum absolute atomic E-state index is 12.2. The number of amides is 1. The highest BCUT2D eigenvalue weighted by molar-refractivity contribution is 7.99. The van der Waals surface area contributed by atoms with E-state index in [-0.39, 0.29) is 5.91 Å². The fourth-order valence-corrected chi connectivity index (χ4v) is 2.94. The van der Waals surface area contributed by atoms with Gasteiger partial charge in [-0.1, -0.05) is 11.6 Å². The molecule has 1 saturated heterocycles. The zero-order chi connectivity index (χ0) is 13.0. The minimum Gasteiger partial charge on any atom is -0.369 e. The van der Waals surface area contributed by atoms with Gasteiger partial charge in [-0.2, -0.15) is 11.8 Å². The van der Waals surface area contributed by atoms with E-state index < -0.39 is 0 Å². The van der Waals surface area contributed by atoms with Crippen LogP contribution in [0.2, 0.25) is 5.02 Å². The molecule has 4 nitrogen and oxygen atoms in total. The third-order valence-electron chi connectivity index (χ3n) is 2.73. The van der Waals surface area contributed by atoms with Crippen LogP contribution in [-0.4, -0.2) is 46.9 Å². The molecule has 0 radical (unpaired) electrons. The van der Waals surface area contributed by atoms with Gasteiger partial charge in [-0.3, -0.25) is 4.79 Å². The summed E-state index contributed by atoms with van der Waals surface area (Å²) in [5.41, 5.74) is 0.563. The number of pyridine rings is 1. The van der Waals surface area contributed by atoms with Crippen LogP contribution < -0.4 is 5.32 Å². The van der Waals surface area contributed by atoms with E-state index in [1.54, 1.807) is 12.3 Å². The third-order valence-corrected chi connectivity index (χ3v) is 3.96. The third kappa shape index (κ3) is 3.09. The highest BCUT2D eigenvalue weighted by Crippen LogP contribution is 2.21. The molecule has 0 spiro atoms. The summed E-state index contributed by atoms with van der Waals surface area (Å²) >= 11 is 7.97. The first kappa shape index (κ1) is 13.5. The summed E-state index contributed by atoms with van der Waals surface area (Å²) in [4.78, 5) is 18.3. The standard InChI is InChI=1S/C12H16ClN3OS/c1-2-14-11-10(13)7-9(8-15-11)12(17)16-3-5-18-6-4-16/h7-8H,2-6H2,1H3,(H,14,15). The number of halogens is 1. The van der Waals surface area contributed by atoms with E-state index >= 15 is 0 Å². The Labute approximate surface area is 116 Å². The molecular weight excluding hydrogens is 270 g/mol. The summed E-state index contributed by atoms with van der Waals surface area (Å²) in [6.07, 6.45) is 1.59. The van der Waals surface area contributed by atoms with Gasteiger partial charge in [0.15, 0.2) is 0 Å². The van der Waals surface area contributed by atoms with Gasteiger partial charge >= 0.3 is 0 Å². The molecule has 1 N–H and O–H groups in total. The number of nitrogens with one attached hydrogen (secondary N) is 1. The van der Waals surface area contributed by atoms with E-state index in [9.17, 15) is 4.79 Å². The van der Waals surface area contributed by atoms with Gasteiger partial charge in [-0.15, -0.1) is 0 Å². The molecule has 98 valence electrons. The lowest BCUT2D eigenvalue weighted by Gasteiger charge is -2.26. The SMILES string of the molecule is CCNc1ncc(C(=O)N2CCSCC2)cc1Cl. The van der Waals surface area contributed by atoms with Gasteiger partial charge in [0.25, 0.3) is 5.91 Å². The number of aromatic nitrogens is 1. The first-order chi connectivity index (χ1) is 8.72. The Bertz CT molecular complexity index is 435. The number of carbonyl (C=O) groups excluding carboxylic acids is 1. The van der Waals surface area contributed by atoms with Crippen molar-refractivity contribution in [2.75, 3.05) is 36.5 Å². The first-order valence-electron chi connectivity index (χ1n) is 5.99. The molecule has 1 fully saturated rings. The Kier molecular flexibility index (Phi) is 4.72. The number of rotatable bonds is 3. The number of hydrogen-bond acceptors (Lipinski definition) is 4. The van der Waals surface area contributed by atoms with Crippen molar-refractivity contribution in [1.82, 2.24) is 9.88 Å². The number of nitrogens with zero attached hydrogens (tertiary/aromatic N) is 2. The summed E-state index contributed by atoms with van der Waals surface area (Å²) in [5.74, 6) is 2.66. The van der Waals surface area contributed by atoms with Crippen LogP contribution in [0.5, 0.6) is 0 Å². The minimum absolute atomic E-state index is 0.0211. The van der Waals surface area contributed by atoms with Crippen LogP contribution in [-0.2, 0) is 0 Å². The van der Waals surface area contributed by atoms with E-state index in [1.165, 1.54) is 0 Å². The van der Waals surface area contributed by atoms with Gasteiger partial charge in [0.1, 0.15) is 5.82 Å². The Balaban J connectivity index is 2.12. The maximum atomic E-state index is 12.2. The lowest BCUT2D eigenvalue weighted by Crippen LogP contribution is -2.37. The van der Waals surface area contributed by atoms with Crippen LogP contribution in [0.3, 0.4) is 0 Å². The lowest BCUT2D eigenvalue weighted by atomic mass is 10.2. The Hall–Kier alpha value is -0.940. The molecule has 2 heterocycles. The second-order valence-electron chi connectivity index (χ2n) is 3.99. The molecule has 18 heavy (non-hydrogen) atoms. The highest BCUT2D eigenvalue weighted by Gasteiger charge is 2.19. The maximum Gasteiger partial charge on any atom is 0.255 e. The van der Waals surface area contributed by atoms with Crippen LogP contribution >= 0.6 is 23.4 Å². The van der Waals surface area contributed by atoms with Gasteiger partial charge in [-0.05, 0) is 13.0 Å². The normalized spacial score (nSPS) is 15.6. The average molecular weight is 286 g/mol. The van der Waals surface area contributed by atoms with Crippen molar-refractivity contribution in [2.45, 2.75) is 6.92 Å². The molecule has 0 atom stereocenters. The summed E-state index contributed by atoms with van der Waals surface area (Å²) in [6.45, 7) is 4.33. The highest BCUT2D eigenvalue weighted by atomic mass is 35.5. The monoisotopic (exact) mass is 285 g/mol. The molecule has 1 amide bonds. The first-order valence-corrected chi connectivity index (χ1v) is 7.52. The Morgan fingerprint density at radius 3 is 2.89 bits per heavy atom. The van der Waals surface area contributed by atoms with Crippen molar-refractivity contribution in [1.29, 1.82) is 0 Å². The Morgan fingerprint density at radius 1 is 1.56 bits per heavy atom. The number of hydrogen-bond donors (Lipinski definition) is 1. The molecule has 0 aliphatic carbocycles. The van der Waals surface area contributed by atoms with Crippen molar-refractivity contribution in [3.63, 3.8) is 0 Å². The molecule has 1 aromatic rings. The van der Waals surface area contributed by atoms with Crippen LogP contribution in [0.15, 0.2) is 12.3 Å². The number of carbonyl (C=O) groups is 1. The molecular formula is C12H16ClN3OS. The van der Waals surface area contributed by atoms with E-state index in [1.807, 2.05) is 23.6 Å². The van der Waals surface area contributed by atoms with Gasteiger partial charge in [-0.25, -0.2) is 4.98 Å². The molecule has 2 rings (SSSR count). The van der Waals surface area contributed by atoms with Crippen LogP contribution in [0, 0.1) is 0 Å². The van der Waals surface area contributed by atoms with Crippen molar-refractivity contribution < 1.29 is 4.79 Å². The van der Waals surface area contributed by atoms with E-state index in [0.717, 1.165) is 31.1 Å². The molecule has 1 aliphatic heterocycles. The molecule has 1 aliphatic rings. The van der Waals surface area contributed by atoms with Crippen LogP contribution in [0.4, 0.5) is 5.82 Å². The van der Waals surface area contributed by atoms with Crippen LogP contribution in [0.25, 0.3) is 0 Å². The molecule has 0 bridgehead atoms. The van der Waals surface area contributed by atoms with Crippen molar-refractivity contribution >= 4 is 35.1 Å². The Morgan fingerprint density at radius 2 is 2.28 bits per heavy atom. The topological polar surface area (TPSA) is 45.2 Å². The van der Waals surface area contributed by atoms with Crippen molar-refractivity contribution in [3.8, 4) is 0 Å². The predicted molar refractivity (Wildman–Crippen MR) is 76.6 cm³/mol. The van der Waals surface area contributed by atoms with E-state index in [2.05, 4.69) is 10.3 Å². The van der Waals surface area contributed by atoms with Crippen LogP contribution in [0.1, 0.15) is 17.3 Å². The molecule has 0 saturated carbocycles. The largest absolute Gasteiger partial charge is 0.369 e. The summed E-state index contributed by atoms with van der Waals surface area (Å²) in [7, 11) is 0. The van der Waals surface area contributed by atoms with Gasteiger partial charge in [0, 0.05) is 37.3 Å². The fourth-order valence-electron chi connectivity index (χ4n) is 1.80. The fraction of sp³-hybridized carbons (Fsp3) is 0.500. The second-order valence-corrected chi connectivity index (χ2v) is 5.62. The quantitative estimate of drug-likeness (QED) is 0.926. The minimum atomic E-state index is 0.0211. The smallest absolute Gasteiger partial charge is 0.255 e. The summed E-state index contributed by atoms with van der Waals surface area (Å²) in [6, 6.07) is 1.69. The van der Waals surface area contributed by atoms with Crippen molar-refractivity contribution in [2.24, 2.45) is 0 Å². The molecule has 1 aromatic heterocycles.